The summed E-state index contributed by atoms with van der Waals surface area (Å²) >= 11 is 1.72. The van der Waals surface area contributed by atoms with Crippen LogP contribution in [-0.4, -0.2) is 20.7 Å². The molecule has 0 aliphatic carbocycles. The maximum absolute atomic E-state index is 4.25. The maximum atomic E-state index is 4.25. The first kappa shape index (κ1) is 5.89. The van der Waals surface area contributed by atoms with Crippen LogP contribution in [0.1, 0.15) is 5.69 Å². The second-order valence-corrected chi connectivity index (χ2v) is 2.77. The van der Waals surface area contributed by atoms with E-state index in [1.165, 1.54) is 10.6 Å². The van der Waals surface area contributed by atoms with E-state index < -0.39 is 0 Å². The summed E-state index contributed by atoms with van der Waals surface area (Å²) in [5.41, 5.74) is 1.22. The molecule has 0 spiro atoms. The first-order valence-electron chi connectivity index (χ1n) is 2.74. The third-order valence-corrected chi connectivity index (χ3v) is 1.85. The van der Waals surface area contributed by atoms with Crippen LogP contribution >= 0.6 is 11.3 Å². The van der Waals surface area contributed by atoms with Gasteiger partial charge in [-0.3, -0.25) is 4.98 Å². The minimum atomic E-state index is 1.06. The molecule has 0 N–H and O–H groups in total. The smallest absolute Gasteiger partial charge is 0.177 e. The van der Waals surface area contributed by atoms with Crippen molar-refractivity contribution in [2.75, 3.05) is 0 Å². The molecule has 0 saturated heterocycles. The van der Waals surface area contributed by atoms with Crippen molar-refractivity contribution in [1.82, 2.24) is 4.98 Å². The standard InChI is InChI=1S/C4H7B2NS/c5-1-3-2-8-4(6)7-3/h2H,1,5-6H2. The lowest BCUT2D eigenvalue weighted by atomic mass is 10.0. The van der Waals surface area contributed by atoms with Crippen LogP contribution in [0.25, 0.3) is 0 Å². The average molecular weight is 123 g/mol. The number of rotatable bonds is 1. The molecule has 1 heterocycles. The summed E-state index contributed by atoms with van der Waals surface area (Å²) in [5.74, 6) is 0. The summed E-state index contributed by atoms with van der Waals surface area (Å²) in [7, 11) is 4.15. The van der Waals surface area contributed by atoms with Gasteiger partial charge in [0.2, 0.25) is 0 Å². The summed E-state index contributed by atoms with van der Waals surface area (Å²) in [6.45, 7) is 0. The Hall–Kier alpha value is -0.240. The third-order valence-electron chi connectivity index (χ3n) is 1.03. The zero-order chi connectivity index (χ0) is 5.98. The first-order chi connectivity index (χ1) is 3.83. The van der Waals surface area contributed by atoms with Crippen LogP contribution in [0, 0.1) is 0 Å². The maximum Gasteiger partial charge on any atom is 0.177 e. The van der Waals surface area contributed by atoms with Crippen LogP contribution in [0.4, 0.5) is 0 Å². The summed E-state index contributed by atoms with van der Waals surface area (Å²) in [6, 6.07) is 0. The van der Waals surface area contributed by atoms with E-state index in [4.69, 9.17) is 0 Å². The Morgan fingerprint density at radius 2 is 2.50 bits per heavy atom. The zero-order valence-electron chi connectivity index (χ0n) is 5.14. The fourth-order valence-electron chi connectivity index (χ4n) is 0.571. The third kappa shape index (κ3) is 1.13. The normalized spacial score (nSPS) is 9.50. The van der Waals surface area contributed by atoms with Gasteiger partial charge in [0.1, 0.15) is 7.85 Å². The molecule has 0 fully saturated rings. The second-order valence-electron chi connectivity index (χ2n) is 1.71. The Morgan fingerprint density at radius 3 is 2.75 bits per heavy atom. The van der Waals surface area contributed by atoms with Gasteiger partial charge in [-0.2, -0.15) is 0 Å². The molecule has 0 amide bonds. The van der Waals surface area contributed by atoms with E-state index in [0.29, 0.717) is 0 Å². The summed E-state index contributed by atoms with van der Waals surface area (Å²) in [4.78, 5) is 5.42. The molecule has 40 valence electrons. The van der Waals surface area contributed by atoms with Gasteiger partial charge in [0.25, 0.3) is 0 Å². The summed E-state index contributed by atoms with van der Waals surface area (Å²) < 4.78 is 0. The number of thiazole rings is 1. The van der Waals surface area contributed by atoms with Gasteiger partial charge < -0.3 is 0 Å². The Balaban J connectivity index is 2.84. The van der Waals surface area contributed by atoms with Crippen LogP contribution in [0.5, 0.6) is 0 Å². The van der Waals surface area contributed by atoms with Gasteiger partial charge in [-0.15, -0.1) is 11.3 Å². The molecule has 0 aromatic carbocycles. The van der Waals surface area contributed by atoms with E-state index >= 15 is 0 Å². The number of hydrogen-bond donors (Lipinski definition) is 0. The van der Waals surface area contributed by atoms with Crippen molar-refractivity contribution in [3.05, 3.63) is 11.1 Å². The largest absolute Gasteiger partial charge is 0.258 e. The lowest BCUT2D eigenvalue weighted by Gasteiger charge is -1.79. The van der Waals surface area contributed by atoms with Crippen LogP contribution in [0.2, 0.25) is 0 Å². The molecule has 0 atom stereocenters. The first-order valence-corrected chi connectivity index (χ1v) is 3.62. The van der Waals surface area contributed by atoms with Crippen molar-refractivity contribution in [1.29, 1.82) is 0 Å². The van der Waals surface area contributed by atoms with E-state index in [2.05, 4.69) is 18.2 Å². The predicted octanol–water partition coefficient (Wildman–Crippen LogP) is -1.47. The van der Waals surface area contributed by atoms with Gasteiger partial charge >= 0.3 is 0 Å². The molecular weight excluding hydrogens is 116 g/mol. The van der Waals surface area contributed by atoms with Gasteiger partial charge in [0.05, 0.1) is 0 Å². The molecule has 1 rings (SSSR count). The molecule has 0 aliphatic rings. The van der Waals surface area contributed by atoms with Gasteiger partial charge in [-0.1, -0.05) is 0 Å². The highest BCUT2D eigenvalue weighted by Gasteiger charge is 1.91. The number of nitrogens with zero attached hydrogens (tertiary/aromatic N) is 1. The Kier molecular flexibility index (Phi) is 1.73. The van der Waals surface area contributed by atoms with E-state index in [1.54, 1.807) is 11.3 Å². The Morgan fingerprint density at radius 1 is 1.75 bits per heavy atom. The topological polar surface area (TPSA) is 12.9 Å². The fourth-order valence-corrected chi connectivity index (χ4v) is 1.27. The van der Waals surface area contributed by atoms with Crippen molar-refractivity contribution in [2.24, 2.45) is 0 Å². The monoisotopic (exact) mass is 123 g/mol. The van der Waals surface area contributed by atoms with Gasteiger partial charge in [-0.25, -0.2) is 0 Å². The molecule has 4 heteroatoms. The molecular formula is C4H7B2NS. The SMILES string of the molecule is BCc1csc(B)n1. The van der Waals surface area contributed by atoms with Crippen molar-refractivity contribution >= 4 is 31.9 Å². The molecule has 1 aromatic heterocycles. The summed E-state index contributed by atoms with van der Waals surface area (Å²) in [5, 5.41) is 2.11. The number of aromatic nitrogens is 1. The molecule has 0 aliphatic heterocycles. The molecule has 0 radical (unpaired) electrons. The number of hydrogen-bond acceptors (Lipinski definition) is 2. The highest BCUT2D eigenvalue weighted by atomic mass is 32.1. The van der Waals surface area contributed by atoms with Crippen molar-refractivity contribution in [3.8, 4) is 0 Å². The average Bonchev–Trinajstić information content (AvgIpc) is 2.14. The lowest BCUT2D eigenvalue weighted by molar-refractivity contribution is 1.25. The minimum absolute atomic E-state index is 1.06. The van der Waals surface area contributed by atoms with E-state index in [-0.39, 0.29) is 0 Å². The predicted molar refractivity (Wildman–Crippen MR) is 42.5 cm³/mol. The Bertz CT molecular complexity index is 174. The molecule has 0 bridgehead atoms. The molecule has 0 saturated carbocycles. The molecule has 1 aromatic rings. The van der Waals surface area contributed by atoms with Crippen molar-refractivity contribution in [3.63, 3.8) is 0 Å². The van der Waals surface area contributed by atoms with Crippen LogP contribution in [-0.2, 0) is 6.32 Å². The zero-order valence-corrected chi connectivity index (χ0v) is 5.96. The quantitative estimate of drug-likeness (QED) is 0.415. The second kappa shape index (κ2) is 2.35. The van der Waals surface area contributed by atoms with Crippen LogP contribution in [0.3, 0.4) is 0 Å². The van der Waals surface area contributed by atoms with Crippen molar-refractivity contribution < 1.29 is 0 Å². The van der Waals surface area contributed by atoms with Crippen molar-refractivity contribution in [2.45, 2.75) is 6.32 Å². The van der Waals surface area contributed by atoms with E-state index in [9.17, 15) is 0 Å². The molecule has 8 heavy (non-hydrogen) atoms. The molecule has 0 unspecified atom stereocenters. The molecule has 1 nitrogen and oxygen atoms in total. The van der Waals surface area contributed by atoms with E-state index in [0.717, 1.165) is 6.32 Å². The van der Waals surface area contributed by atoms with Crippen LogP contribution < -0.4 is 4.91 Å². The van der Waals surface area contributed by atoms with E-state index in [1.807, 2.05) is 7.85 Å². The fraction of sp³-hybridized carbons (Fsp3) is 0.250. The summed E-state index contributed by atoms with van der Waals surface area (Å²) in [6.07, 6.45) is 1.06. The van der Waals surface area contributed by atoms with Crippen LogP contribution in [0.15, 0.2) is 5.38 Å². The van der Waals surface area contributed by atoms with Gasteiger partial charge in [0.15, 0.2) is 7.85 Å². The lowest BCUT2D eigenvalue weighted by Crippen LogP contribution is -1.99. The highest BCUT2D eigenvalue weighted by Crippen LogP contribution is 1.95. The minimum Gasteiger partial charge on any atom is -0.258 e. The highest BCUT2D eigenvalue weighted by molar-refractivity contribution is 7.17. The van der Waals surface area contributed by atoms with Gasteiger partial charge in [-0.05, 0) is 6.32 Å². The Labute approximate surface area is 55.0 Å². The van der Waals surface area contributed by atoms with Gasteiger partial charge in [0, 0.05) is 16.0 Å².